The zero-order valence-corrected chi connectivity index (χ0v) is 16.0. The molecule has 0 aliphatic rings. The van der Waals surface area contributed by atoms with Gasteiger partial charge in [-0.2, -0.15) is 0 Å². The van der Waals surface area contributed by atoms with Crippen molar-refractivity contribution in [1.82, 2.24) is 4.98 Å². The molecule has 138 valence electrons. The first-order valence-corrected chi connectivity index (χ1v) is 9.67. The highest BCUT2D eigenvalue weighted by Crippen LogP contribution is 2.33. The maximum atomic E-state index is 4.64. The minimum Gasteiger partial charge on any atom is -0.384 e. The van der Waals surface area contributed by atoms with E-state index in [-0.39, 0.29) is 5.92 Å². The second-order valence-corrected chi connectivity index (χ2v) is 7.02. The van der Waals surface area contributed by atoms with Crippen LogP contribution in [0.2, 0.25) is 0 Å². The highest BCUT2D eigenvalue weighted by molar-refractivity contribution is 5.66. The number of aryl methyl sites for hydroxylation is 1. The molecule has 0 saturated heterocycles. The Balaban J connectivity index is 1.75. The number of anilines is 1. The van der Waals surface area contributed by atoms with Crippen molar-refractivity contribution in [2.45, 2.75) is 12.8 Å². The van der Waals surface area contributed by atoms with Gasteiger partial charge >= 0.3 is 0 Å². The average molecular weight is 364 g/mol. The first-order valence-electron chi connectivity index (χ1n) is 9.67. The minimum absolute atomic E-state index is 0.222. The van der Waals surface area contributed by atoms with Crippen LogP contribution in [0.25, 0.3) is 11.3 Å². The van der Waals surface area contributed by atoms with Gasteiger partial charge in [-0.15, -0.1) is 0 Å². The zero-order valence-electron chi connectivity index (χ0n) is 16.0. The summed E-state index contributed by atoms with van der Waals surface area (Å²) in [6.07, 6.45) is 1.89. The largest absolute Gasteiger partial charge is 0.384 e. The van der Waals surface area contributed by atoms with Gasteiger partial charge in [0, 0.05) is 29.9 Å². The summed E-state index contributed by atoms with van der Waals surface area (Å²) >= 11 is 0. The number of hydrogen-bond donors (Lipinski definition) is 1. The van der Waals surface area contributed by atoms with Gasteiger partial charge in [-0.05, 0) is 47.9 Å². The molecule has 2 heteroatoms. The number of hydrogen-bond acceptors (Lipinski definition) is 2. The lowest BCUT2D eigenvalue weighted by Crippen LogP contribution is -2.15. The van der Waals surface area contributed by atoms with Gasteiger partial charge in [-0.1, -0.05) is 72.8 Å². The summed E-state index contributed by atoms with van der Waals surface area (Å²) in [5, 5.41) is 3.61. The molecule has 1 atom stereocenters. The van der Waals surface area contributed by atoms with Crippen LogP contribution in [0, 0.1) is 6.92 Å². The van der Waals surface area contributed by atoms with E-state index in [1.165, 1.54) is 22.3 Å². The van der Waals surface area contributed by atoms with Crippen molar-refractivity contribution in [2.75, 3.05) is 11.9 Å². The lowest BCUT2D eigenvalue weighted by Gasteiger charge is -2.22. The van der Waals surface area contributed by atoms with Crippen LogP contribution < -0.4 is 5.32 Å². The predicted molar refractivity (Wildman–Crippen MR) is 118 cm³/mol. The van der Waals surface area contributed by atoms with Crippen LogP contribution in [0.15, 0.2) is 103 Å². The molecule has 2 nitrogen and oxygen atoms in total. The predicted octanol–water partition coefficient (Wildman–Crippen LogP) is 6.30. The Morgan fingerprint density at radius 3 is 2.21 bits per heavy atom. The zero-order chi connectivity index (χ0) is 19.2. The first-order chi connectivity index (χ1) is 13.8. The van der Waals surface area contributed by atoms with Gasteiger partial charge in [0.25, 0.3) is 0 Å². The first kappa shape index (κ1) is 18.0. The normalized spacial score (nSPS) is 11.8. The number of rotatable bonds is 6. The van der Waals surface area contributed by atoms with Crippen LogP contribution in [0.1, 0.15) is 22.6 Å². The van der Waals surface area contributed by atoms with Crippen LogP contribution in [-0.2, 0) is 0 Å². The Kier molecular flexibility index (Phi) is 5.48. The molecule has 0 bridgehead atoms. The summed E-state index contributed by atoms with van der Waals surface area (Å²) in [4.78, 5) is 4.64. The summed E-state index contributed by atoms with van der Waals surface area (Å²) in [6.45, 7) is 2.93. The SMILES string of the molecule is Cc1ccnc(-c2ccccc2C(CNc2ccccc2)c2ccccc2)c1. The Morgan fingerprint density at radius 1 is 0.786 bits per heavy atom. The molecule has 0 spiro atoms. The van der Waals surface area contributed by atoms with Crippen LogP contribution in [-0.4, -0.2) is 11.5 Å². The third-order valence-corrected chi connectivity index (χ3v) is 5.01. The Bertz CT molecular complexity index is 1030. The van der Waals surface area contributed by atoms with Crippen molar-refractivity contribution in [3.05, 3.63) is 120 Å². The number of nitrogens with zero attached hydrogens (tertiary/aromatic N) is 1. The number of nitrogens with one attached hydrogen (secondary N) is 1. The van der Waals surface area contributed by atoms with Crippen molar-refractivity contribution < 1.29 is 0 Å². The summed E-state index contributed by atoms with van der Waals surface area (Å²) in [5.41, 5.74) is 7.15. The summed E-state index contributed by atoms with van der Waals surface area (Å²) < 4.78 is 0. The number of pyridine rings is 1. The molecular formula is C26H24N2. The van der Waals surface area contributed by atoms with E-state index in [0.29, 0.717) is 0 Å². The molecule has 0 fully saturated rings. The second kappa shape index (κ2) is 8.53. The van der Waals surface area contributed by atoms with Gasteiger partial charge in [0.05, 0.1) is 5.69 Å². The lowest BCUT2D eigenvalue weighted by molar-refractivity contribution is 0.854. The van der Waals surface area contributed by atoms with E-state index in [1.807, 2.05) is 18.3 Å². The highest BCUT2D eigenvalue weighted by Gasteiger charge is 2.18. The molecule has 4 aromatic rings. The molecule has 1 unspecified atom stereocenters. The third kappa shape index (κ3) is 4.12. The Morgan fingerprint density at radius 2 is 1.46 bits per heavy atom. The molecule has 0 amide bonds. The van der Waals surface area contributed by atoms with E-state index in [4.69, 9.17) is 0 Å². The van der Waals surface area contributed by atoms with E-state index in [9.17, 15) is 0 Å². The molecule has 1 heterocycles. The summed E-state index contributed by atoms with van der Waals surface area (Å²) in [6, 6.07) is 33.9. The van der Waals surface area contributed by atoms with E-state index in [2.05, 4.69) is 102 Å². The minimum atomic E-state index is 0.222. The van der Waals surface area contributed by atoms with Gasteiger partial charge in [-0.3, -0.25) is 4.98 Å². The molecule has 3 aromatic carbocycles. The molecule has 1 aromatic heterocycles. The molecule has 0 radical (unpaired) electrons. The molecular weight excluding hydrogens is 340 g/mol. The fourth-order valence-corrected chi connectivity index (χ4v) is 3.59. The van der Waals surface area contributed by atoms with E-state index in [0.717, 1.165) is 17.9 Å². The van der Waals surface area contributed by atoms with Gasteiger partial charge in [0.1, 0.15) is 0 Å². The number of para-hydroxylation sites is 1. The van der Waals surface area contributed by atoms with Gasteiger partial charge in [0.2, 0.25) is 0 Å². The van der Waals surface area contributed by atoms with Crippen LogP contribution in [0.4, 0.5) is 5.69 Å². The van der Waals surface area contributed by atoms with Gasteiger partial charge in [0.15, 0.2) is 0 Å². The van der Waals surface area contributed by atoms with Crippen molar-refractivity contribution in [3.8, 4) is 11.3 Å². The van der Waals surface area contributed by atoms with Crippen molar-refractivity contribution >= 4 is 5.69 Å². The Labute approximate surface area is 166 Å². The van der Waals surface area contributed by atoms with Crippen molar-refractivity contribution in [3.63, 3.8) is 0 Å². The Hall–Kier alpha value is -3.39. The fourth-order valence-electron chi connectivity index (χ4n) is 3.59. The monoisotopic (exact) mass is 364 g/mol. The molecule has 28 heavy (non-hydrogen) atoms. The van der Waals surface area contributed by atoms with Crippen LogP contribution in [0.5, 0.6) is 0 Å². The highest BCUT2D eigenvalue weighted by atomic mass is 14.9. The van der Waals surface area contributed by atoms with Gasteiger partial charge < -0.3 is 5.32 Å². The maximum Gasteiger partial charge on any atom is 0.0707 e. The van der Waals surface area contributed by atoms with E-state index < -0.39 is 0 Å². The van der Waals surface area contributed by atoms with E-state index in [1.54, 1.807) is 0 Å². The van der Waals surface area contributed by atoms with Crippen molar-refractivity contribution in [1.29, 1.82) is 0 Å². The van der Waals surface area contributed by atoms with Crippen LogP contribution in [0.3, 0.4) is 0 Å². The van der Waals surface area contributed by atoms with E-state index >= 15 is 0 Å². The van der Waals surface area contributed by atoms with Gasteiger partial charge in [-0.25, -0.2) is 0 Å². The second-order valence-electron chi connectivity index (χ2n) is 7.02. The smallest absolute Gasteiger partial charge is 0.0707 e. The summed E-state index contributed by atoms with van der Waals surface area (Å²) in [7, 11) is 0. The molecule has 0 aliphatic heterocycles. The molecule has 0 saturated carbocycles. The number of aromatic nitrogens is 1. The quantitative estimate of drug-likeness (QED) is 0.434. The standard InChI is InChI=1S/C26H24N2/c1-20-16-17-27-26(18-20)24-15-9-8-14-23(24)25(21-10-4-2-5-11-21)19-28-22-12-6-3-7-13-22/h2-18,25,28H,19H2,1H3. The summed E-state index contributed by atoms with van der Waals surface area (Å²) in [5.74, 6) is 0.222. The van der Waals surface area contributed by atoms with Crippen LogP contribution >= 0.6 is 0 Å². The topological polar surface area (TPSA) is 24.9 Å². The molecule has 0 aliphatic carbocycles. The lowest BCUT2D eigenvalue weighted by atomic mass is 9.86. The molecule has 1 N–H and O–H groups in total. The third-order valence-electron chi connectivity index (χ3n) is 5.01. The van der Waals surface area contributed by atoms with Crippen molar-refractivity contribution in [2.24, 2.45) is 0 Å². The maximum absolute atomic E-state index is 4.64. The number of benzene rings is 3. The molecule has 4 rings (SSSR count). The average Bonchev–Trinajstić information content (AvgIpc) is 2.76. The fraction of sp³-hybridized carbons (Fsp3) is 0.115.